The number of phosphoric ester groups is 2. The number of unbranched alkanes of at least 4 members (excludes halogenated alkanes) is 50. The first-order valence-corrected chi connectivity index (χ1v) is 45.0. The van der Waals surface area contributed by atoms with Crippen LogP contribution in [0.1, 0.15) is 427 Å². The lowest BCUT2D eigenvalue weighted by Crippen LogP contribution is -2.30. The van der Waals surface area contributed by atoms with E-state index in [-0.39, 0.29) is 25.7 Å². The number of hydrogen-bond acceptors (Lipinski definition) is 15. The van der Waals surface area contributed by atoms with Gasteiger partial charge in [-0.1, -0.05) is 375 Å². The summed E-state index contributed by atoms with van der Waals surface area (Å²) >= 11 is 0. The second kappa shape index (κ2) is 72.6. The second-order valence-electron chi connectivity index (χ2n) is 30.1. The topological polar surface area (TPSA) is 237 Å². The highest BCUT2D eigenvalue weighted by Crippen LogP contribution is 2.45. The fourth-order valence-electron chi connectivity index (χ4n) is 12.5. The Hall–Kier alpha value is -1.94. The number of aliphatic hydroxyl groups excluding tert-OH is 1. The molecule has 17 nitrogen and oxygen atoms in total. The molecule has 0 heterocycles. The summed E-state index contributed by atoms with van der Waals surface area (Å²) in [5.41, 5.74) is 0. The Kier molecular flexibility index (Phi) is 71.2. The van der Waals surface area contributed by atoms with E-state index in [1.54, 1.807) is 0 Å². The van der Waals surface area contributed by atoms with Crippen molar-refractivity contribution in [2.24, 2.45) is 11.8 Å². The molecule has 0 aliphatic heterocycles. The first kappa shape index (κ1) is 98.1. The number of rotatable bonds is 80. The van der Waals surface area contributed by atoms with Crippen LogP contribution in [0.15, 0.2) is 0 Å². The molecule has 0 saturated carbocycles. The van der Waals surface area contributed by atoms with Crippen LogP contribution in [0.5, 0.6) is 0 Å². The molecule has 19 heteroatoms. The molecule has 0 radical (unpaired) electrons. The Balaban J connectivity index is 5.19. The first-order chi connectivity index (χ1) is 48.4. The van der Waals surface area contributed by atoms with Crippen molar-refractivity contribution >= 4 is 39.5 Å². The third-order valence-corrected chi connectivity index (χ3v) is 20.9. The minimum Gasteiger partial charge on any atom is -0.462 e. The Morgan fingerprint density at radius 3 is 0.680 bits per heavy atom. The molecular formula is C81H158O17P2. The van der Waals surface area contributed by atoms with Crippen molar-refractivity contribution in [2.75, 3.05) is 39.6 Å². The standard InChI is InChI=1S/C81H158O17P2/c1-7-9-11-13-15-17-18-19-20-23-27-30-35-40-46-52-58-64-79(84)92-70-77(98-80(85)65-59-53-47-41-36-31-28-25-22-21-24-26-29-33-38-43-49-55-61-73(3)4)72-96-100(89,90)94-68-75(82)67-93-99(87,88)95-71-76(69-91-78(83)63-57-51-45-16-14-12-10-8-2)97-81(86)66-60-54-48-42-37-32-34-39-44-50-56-62-74(5)6/h73-77,82H,7-72H2,1-6H3,(H,87,88)(H,89,90)/t75-,76+,77+/m0/s1. The lowest BCUT2D eigenvalue weighted by Gasteiger charge is -2.21. The van der Waals surface area contributed by atoms with Crippen LogP contribution in [0.4, 0.5) is 0 Å². The summed E-state index contributed by atoms with van der Waals surface area (Å²) < 4.78 is 68.6. The van der Waals surface area contributed by atoms with Gasteiger partial charge in [-0.3, -0.25) is 37.3 Å². The molecular weight excluding hydrogens is 1310 g/mol. The van der Waals surface area contributed by atoms with E-state index in [2.05, 4.69) is 41.5 Å². The molecule has 3 N–H and O–H groups in total. The van der Waals surface area contributed by atoms with Crippen molar-refractivity contribution in [2.45, 2.75) is 445 Å². The number of esters is 4. The van der Waals surface area contributed by atoms with Gasteiger partial charge in [-0.2, -0.15) is 0 Å². The van der Waals surface area contributed by atoms with E-state index in [9.17, 15) is 43.2 Å². The van der Waals surface area contributed by atoms with Crippen LogP contribution in [-0.2, 0) is 65.4 Å². The average molecular weight is 1470 g/mol. The number of phosphoric acid groups is 2. The zero-order valence-corrected chi connectivity index (χ0v) is 67.3. The van der Waals surface area contributed by atoms with Gasteiger partial charge < -0.3 is 33.8 Å². The van der Waals surface area contributed by atoms with Crippen molar-refractivity contribution < 1.29 is 80.2 Å². The van der Waals surface area contributed by atoms with Crippen LogP contribution in [0, 0.1) is 11.8 Å². The van der Waals surface area contributed by atoms with Crippen molar-refractivity contribution in [3.8, 4) is 0 Å². The van der Waals surface area contributed by atoms with Gasteiger partial charge in [0.1, 0.15) is 19.3 Å². The van der Waals surface area contributed by atoms with Crippen molar-refractivity contribution in [1.29, 1.82) is 0 Å². The van der Waals surface area contributed by atoms with Crippen LogP contribution >= 0.6 is 15.6 Å². The fraction of sp³-hybridized carbons (Fsp3) is 0.951. The van der Waals surface area contributed by atoms with Gasteiger partial charge >= 0.3 is 39.5 Å². The maximum atomic E-state index is 13.1. The van der Waals surface area contributed by atoms with Crippen LogP contribution in [0.2, 0.25) is 0 Å². The molecule has 0 aromatic heterocycles. The summed E-state index contributed by atoms with van der Waals surface area (Å²) in [6, 6.07) is 0. The highest BCUT2D eigenvalue weighted by molar-refractivity contribution is 7.47. The van der Waals surface area contributed by atoms with Gasteiger partial charge in [-0.15, -0.1) is 0 Å². The number of carbonyl (C=O) groups is 4. The molecule has 0 fully saturated rings. The number of hydrogen-bond donors (Lipinski definition) is 3. The van der Waals surface area contributed by atoms with Crippen LogP contribution in [0.25, 0.3) is 0 Å². The Morgan fingerprint density at radius 1 is 0.270 bits per heavy atom. The van der Waals surface area contributed by atoms with Gasteiger partial charge in [-0.25, -0.2) is 9.13 Å². The summed E-state index contributed by atoms with van der Waals surface area (Å²) in [5.74, 6) is -0.525. The molecule has 0 aliphatic rings. The molecule has 0 saturated heterocycles. The van der Waals surface area contributed by atoms with E-state index in [4.69, 9.17) is 37.0 Å². The fourth-order valence-corrected chi connectivity index (χ4v) is 14.1. The molecule has 0 spiro atoms. The predicted molar refractivity (Wildman–Crippen MR) is 409 cm³/mol. The van der Waals surface area contributed by atoms with E-state index in [1.165, 1.54) is 238 Å². The van der Waals surface area contributed by atoms with Crippen LogP contribution in [0.3, 0.4) is 0 Å². The molecule has 100 heavy (non-hydrogen) atoms. The maximum absolute atomic E-state index is 13.1. The molecule has 5 atom stereocenters. The SMILES string of the molecule is CCCCCCCCCCCCCCCCCCCC(=O)OC[C@H](COP(=O)(O)OC[C@@H](O)COP(=O)(O)OC[C@@H](COC(=O)CCCCCCCCCC)OC(=O)CCCCCCCCCCCCCC(C)C)OC(=O)CCCCCCCCCCCCCCCCCCCCC(C)C. The minimum atomic E-state index is -4.96. The molecule has 594 valence electrons. The summed E-state index contributed by atoms with van der Waals surface area (Å²) in [5, 5.41) is 10.6. The zero-order chi connectivity index (χ0) is 73.5. The molecule has 0 aromatic rings. The molecule has 0 aromatic carbocycles. The number of carbonyl (C=O) groups excluding carboxylic acids is 4. The summed E-state index contributed by atoms with van der Waals surface area (Å²) in [7, 11) is -9.92. The smallest absolute Gasteiger partial charge is 0.462 e. The third-order valence-electron chi connectivity index (χ3n) is 19.0. The normalized spacial score (nSPS) is 13.9. The van der Waals surface area contributed by atoms with Gasteiger partial charge in [0.2, 0.25) is 0 Å². The van der Waals surface area contributed by atoms with Crippen LogP contribution in [-0.4, -0.2) is 96.7 Å². The van der Waals surface area contributed by atoms with E-state index in [0.29, 0.717) is 25.7 Å². The largest absolute Gasteiger partial charge is 0.472 e. The quantitative estimate of drug-likeness (QED) is 0.0222. The summed E-state index contributed by atoms with van der Waals surface area (Å²) in [6.45, 7) is 9.64. The minimum absolute atomic E-state index is 0.107. The molecule has 0 bridgehead atoms. The Bertz CT molecular complexity index is 1920. The molecule has 2 unspecified atom stereocenters. The number of aliphatic hydroxyl groups is 1. The summed E-state index contributed by atoms with van der Waals surface area (Å²) in [4.78, 5) is 72.9. The highest BCUT2D eigenvalue weighted by Gasteiger charge is 2.30. The lowest BCUT2D eigenvalue weighted by molar-refractivity contribution is -0.161. The Labute approximate surface area is 613 Å². The second-order valence-corrected chi connectivity index (χ2v) is 33.0. The van der Waals surface area contributed by atoms with Gasteiger partial charge in [-0.05, 0) is 37.5 Å². The average Bonchev–Trinajstić information content (AvgIpc) is 0.976. The van der Waals surface area contributed by atoms with Gasteiger partial charge in [0.15, 0.2) is 12.2 Å². The van der Waals surface area contributed by atoms with Crippen LogP contribution < -0.4 is 0 Å². The van der Waals surface area contributed by atoms with E-state index < -0.39 is 97.5 Å². The van der Waals surface area contributed by atoms with Crippen molar-refractivity contribution in [3.63, 3.8) is 0 Å². The van der Waals surface area contributed by atoms with Crippen molar-refractivity contribution in [3.05, 3.63) is 0 Å². The molecule has 0 aliphatic carbocycles. The lowest BCUT2D eigenvalue weighted by atomic mass is 10.0. The maximum Gasteiger partial charge on any atom is 0.472 e. The Morgan fingerprint density at radius 2 is 0.460 bits per heavy atom. The van der Waals surface area contributed by atoms with Gasteiger partial charge in [0.05, 0.1) is 26.4 Å². The zero-order valence-electron chi connectivity index (χ0n) is 65.5. The summed E-state index contributed by atoms with van der Waals surface area (Å²) in [6.07, 6.45) is 62.6. The van der Waals surface area contributed by atoms with Crippen molar-refractivity contribution in [1.82, 2.24) is 0 Å². The van der Waals surface area contributed by atoms with E-state index in [1.807, 2.05) is 0 Å². The first-order valence-electron chi connectivity index (χ1n) is 42.0. The monoisotopic (exact) mass is 1470 g/mol. The van der Waals surface area contributed by atoms with E-state index in [0.717, 1.165) is 108 Å². The highest BCUT2D eigenvalue weighted by atomic mass is 31.2. The molecule has 0 rings (SSSR count). The molecule has 0 amide bonds. The third kappa shape index (κ3) is 74.3. The number of ether oxygens (including phenoxy) is 4. The van der Waals surface area contributed by atoms with E-state index >= 15 is 0 Å². The predicted octanol–water partition coefficient (Wildman–Crippen LogP) is 24.3. The van der Waals surface area contributed by atoms with Gasteiger partial charge in [0, 0.05) is 25.7 Å². The van der Waals surface area contributed by atoms with Gasteiger partial charge in [0.25, 0.3) is 0 Å².